The summed E-state index contributed by atoms with van der Waals surface area (Å²) in [6, 6.07) is 9.11. The predicted octanol–water partition coefficient (Wildman–Crippen LogP) is 3.30. The van der Waals surface area contributed by atoms with Crippen LogP contribution in [0.25, 0.3) is 0 Å². The highest BCUT2D eigenvalue weighted by molar-refractivity contribution is 5.68. The normalized spacial score (nSPS) is 12.8. The van der Waals surface area contributed by atoms with Crippen molar-refractivity contribution in [2.75, 3.05) is 6.54 Å². The Morgan fingerprint density at radius 2 is 1.92 bits per heavy atom. The minimum Gasteiger partial charge on any atom is -0.444 e. The van der Waals surface area contributed by atoms with Gasteiger partial charge in [-0.3, -0.25) is 0 Å². The van der Waals surface area contributed by atoms with Gasteiger partial charge in [0.25, 0.3) is 0 Å². The van der Waals surface area contributed by atoms with Gasteiger partial charge in [-0.2, -0.15) is 10.3 Å². The van der Waals surface area contributed by atoms with E-state index in [4.69, 9.17) is 10.00 Å². The lowest BCUT2D eigenvalue weighted by atomic mass is 10.1. The second-order valence-corrected chi connectivity index (χ2v) is 7.19. The van der Waals surface area contributed by atoms with E-state index in [0.29, 0.717) is 18.5 Å². The van der Waals surface area contributed by atoms with Crippen LogP contribution in [0.5, 0.6) is 0 Å². The molecule has 0 spiro atoms. The summed E-state index contributed by atoms with van der Waals surface area (Å²) >= 11 is 0. The molecule has 0 aliphatic rings. The molecule has 0 aliphatic heterocycles. The third kappa shape index (κ3) is 7.44. The van der Waals surface area contributed by atoms with Crippen LogP contribution >= 0.6 is 0 Å². The van der Waals surface area contributed by atoms with Crippen LogP contribution in [0.4, 0.5) is 4.79 Å². The Hall–Kier alpha value is -2.10. The van der Waals surface area contributed by atoms with E-state index in [0.717, 1.165) is 10.6 Å². The Labute approximate surface area is 144 Å². The van der Waals surface area contributed by atoms with E-state index in [1.165, 1.54) is 0 Å². The van der Waals surface area contributed by atoms with Crippen molar-refractivity contribution in [1.82, 2.24) is 10.4 Å². The summed E-state index contributed by atoms with van der Waals surface area (Å²) in [5.74, 6) is 0.235. The molecule has 24 heavy (non-hydrogen) atoms. The smallest absolute Gasteiger partial charge is 0.408 e. The standard InChI is InChI=1S/C18H27N3O3/c1-13(2)12-21(23)16(20-17(22)24-18(3,4)5)10-14-6-8-15(11-19)9-7-14/h6-9,13,16,23H,10,12H2,1-5H3,(H,20,22)/t16-/m0/s1. The van der Waals surface area contributed by atoms with Gasteiger partial charge in [-0.25, -0.2) is 4.79 Å². The Kier molecular flexibility index (Phi) is 7.20. The van der Waals surface area contributed by atoms with E-state index in [1.807, 2.05) is 26.0 Å². The molecule has 1 amide bonds. The molecular formula is C18H27N3O3. The molecule has 0 bridgehead atoms. The third-order valence-corrected chi connectivity index (χ3v) is 3.11. The number of carbonyl (C=O) groups excluding carboxylic acids is 1. The molecule has 0 saturated heterocycles. The number of amides is 1. The fraction of sp³-hybridized carbons (Fsp3) is 0.556. The predicted molar refractivity (Wildman–Crippen MR) is 91.3 cm³/mol. The number of nitriles is 1. The van der Waals surface area contributed by atoms with Crippen LogP contribution in [0.15, 0.2) is 24.3 Å². The minimum atomic E-state index is -0.616. The van der Waals surface area contributed by atoms with E-state index in [1.54, 1.807) is 32.9 Å². The Bertz CT molecular complexity index is 571. The van der Waals surface area contributed by atoms with Gasteiger partial charge < -0.3 is 15.3 Å². The second kappa shape index (κ2) is 8.67. The van der Waals surface area contributed by atoms with Crippen molar-refractivity contribution in [1.29, 1.82) is 5.26 Å². The Morgan fingerprint density at radius 3 is 2.38 bits per heavy atom. The molecule has 132 valence electrons. The van der Waals surface area contributed by atoms with Gasteiger partial charge in [-0.05, 0) is 44.4 Å². The molecule has 2 N–H and O–H groups in total. The number of benzene rings is 1. The third-order valence-electron chi connectivity index (χ3n) is 3.11. The highest BCUT2D eigenvalue weighted by Crippen LogP contribution is 2.12. The number of alkyl carbamates (subject to hydrolysis) is 1. The summed E-state index contributed by atoms with van der Waals surface area (Å²) in [5, 5.41) is 23.0. The summed E-state index contributed by atoms with van der Waals surface area (Å²) in [7, 11) is 0. The van der Waals surface area contributed by atoms with Crippen LogP contribution in [0.3, 0.4) is 0 Å². The summed E-state index contributed by atoms with van der Waals surface area (Å²) in [6.07, 6.45) is -0.798. The summed E-state index contributed by atoms with van der Waals surface area (Å²) < 4.78 is 5.27. The van der Waals surface area contributed by atoms with E-state index < -0.39 is 17.9 Å². The average molecular weight is 333 g/mol. The van der Waals surface area contributed by atoms with E-state index in [-0.39, 0.29) is 5.92 Å². The molecular weight excluding hydrogens is 306 g/mol. The lowest BCUT2D eigenvalue weighted by Gasteiger charge is -2.29. The zero-order chi connectivity index (χ0) is 18.3. The topological polar surface area (TPSA) is 85.6 Å². The number of nitrogens with one attached hydrogen (secondary N) is 1. The van der Waals surface area contributed by atoms with Crippen molar-refractivity contribution in [3.8, 4) is 6.07 Å². The monoisotopic (exact) mass is 333 g/mol. The average Bonchev–Trinajstić information content (AvgIpc) is 2.44. The molecule has 0 unspecified atom stereocenters. The van der Waals surface area contributed by atoms with Crippen LogP contribution in [0.1, 0.15) is 45.7 Å². The van der Waals surface area contributed by atoms with Crippen molar-refractivity contribution in [2.24, 2.45) is 5.92 Å². The maximum absolute atomic E-state index is 12.0. The summed E-state index contributed by atoms with van der Waals surface area (Å²) in [5.41, 5.74) is 0.859. The van der Waals surface area contributed by atoms with Crippen molar-refractivity contribution in [3.63, 3.8) is 0 Å². The molecule has 1 aromatic rings. The van der Waals surface area contributed by atoms with Gasteiger partial charge >= 0.3 is 6.09 Å². The maximum atomic E-state index is 12.0. The molecule has 6 nitrogen and oxygen atoms in total. The number of hydrogen-bond acceptors (Lipinski definition) is 5. The van der Waals surface area contributed by atoms with Gasteiger partial charge in [0.2, 0.25) is 0 Å². The lowest BCUT2D eigenvalue weighted by Crippen LogP contribution is -2.50. The Balaban J connectivity index is 2.83. The summed E-state index contributed by atoms with van der Waals surface area (Å²) in [6.45, 7) is 9.73. The van der Waals surface area contributed by atoms with Crippen LogP contribution in [0, 0.1) is 17.2 Å². The molecule has 6 heteroatoms. The second-order valence-electron chi connectivity index (χ2n) is 7.19. The van der Waals surface area contributed by atoms with Crippen LogP contribution in [0.2, 0.25) is 0 Å². The fourth-order valence-corrected chi connectivity index (χ4v) is 2.11. The maximum Gasteiger partial charge on any atom is 0.408 e. The zero-order valence-electron chi connectivity index (χ0n) is 15.0. The summed E-state index contributed by atoms with van der Waals surface area (Å²) in [4.78, 5) is 12.0. The first-order valence-corrected chi connectivity index (χ1v) is 8.05. The van der Waals surface area contributed by atoms with Crippen LogP contribution in [-0.4, -0.2) is 34.7 Å². The number of rotatable bonds is 6. The zero-order valence-corrected chi connectivity index (χ0v) is 15.0. The molecule has 1 atom stereocenters. The van der Waals surface area contributed by atoms with E-state index in [2.05, 4.69) is 11.4 Å². The highest BCUT2D eigenvalue weighted by Gasteiger charge is 2.24. The molecule has 1 rings (SSSR count). The number of hydrogen-bond donors (Lipinski definition) is 2. The van der Waals surface area contributed by atoms with Gasteiger partial charge in [0.1, 0.15) is 11.8 Å². The molecule has 0 radical (unpaired) electrons. The van der Waals surface area contributed by atoms with E-state index >= 15 is 0 Å². The fourth-order valence-electron chi connectivity index (χ4n) is 2.11. The van der Waals surface area contributed by atoms with Crippen molar-refractivity contribution < 1.29 is 14.7 Å². The number of hydroxylamine groups is 2. The van der Waals surface area contributed by atoms with Gasteiger partial charge in [0.15, 0.2) is 0 Å². The quantitative estimate of drug-likeness (QED) is 0.616. The van der Waals surface area contributed by atoms with Crippen molar-refractivity contribution in [3.05, 3.63) is 35.4 Å². The Morgan fingerprint density at radius 1 is 1.33 bits per heavy atom. The van der Waals surface area contributed by atoms with Crippen molar-refractivity contribution in [2.45, 2.75) is 52.8 Å². The van der Waals surface area contributed by atoms with E-state index in [9.17, 15) is 10.0 Å². The number of nitrogens with zero attached hydrogens (tertiary/aromatic N) is 2. The van der Waals surface area contributed by atoms with Crippen LogP contribution < -0.4 is 5.32 Å². The molecule has 0 aliphatic carbocycles. The molecule has 0 saturated carbocycles. The molecule has 1 aromatic carbocycles. The number of ether oxygens (including phenoxy) is 1. The molecule has 0 aromatic heterocycles. The van der Waals surface area contributed by atoms with Gasteiger partial charge in [0.05, 0.1) is 11.6 Å². The minimum absolute atomic E-state index is 0.235. The first kappa shape index (κ1) is 19.9. The highest BCUT2D eigenvalue weighted by atomic mass is 16.6. The lowest BCUT2D eigenvalue weighted by molar-refractivity contribution is -0.141. The molecule has 0 heterocycles. The van der Waals surface area contributed by atoms with Gasteiger partial charge in [-0.15, -0.1) is 0 Å². The van der Waals surface area contributed by atoms with Crippen LogP contribution in [-0.2, 0) is 11.2 Å². The first-order chi connectivity index (χ1) is 11.1. The SMILES string of the molecule is CC(C)CN(O)[C@@H](Cc1ccc(C#N)cc1)NC(=O)OC(C)(C)C. The van der Waals surface area contributed by atoms with Crippen molar-refractivity contribution >= 4 is 6.09 Å². The molecule has 0 fully saturated rings. The number of carbonyl (C=O) groups is 1. The van der Waals surface area contributed by atoms with Gasteiger partial charge in [0, 0.05) is 13.0 Å². The van der Waals surface area contributed by atoms with Gasteiger partial charge in [-0.1, -0.05) is 26.0 Å². The first-order valence-electron chi connectivity index (χ1n) is 8.05. The largest absolute Gasteiger partial charge is 0.444 e.